The molecule has 36 heavy (non-hydrogen) atoms. The first kappa shape index (κ1) is 25.4. The van der Waals surface area contributed by atoms with E-state index >= 15 is 0 Å². The number of nitrogens with one attached hydrogen (secondary N) is 3. The molecule has 0 saturated heterocycles. The van der Waals surface area contributed by atoms with Crippen molar-refractivity contribution in [3.8, 4) is 11.1 Å². The zero-order valence-corrected chi connectivity index (χ0v) is 20.5. The highest BCUT2D eigenvalue weighted by Gasteiger charge is 2.25. The molecule has 0 aliphatic heterocycles. The van der Waals surface area contributed by atoms with Crippen LogP contribution in [0.15, 0.2) is 78.0 Å². The summed E-state index contributed by atoms with van der Waals surface area (Å²) in [5.74, 6) is -1.62. The van der Waals surface area contributed by atoms with Crippen LogP contribution < -0.4 is 10.0 Å². The lowest BCUT2D eigenvalue weighted by Gasteiger charge is -2.15. The maximum Gasteiger partial charge on any atom is 0.321 e. The first-order valence-electron chi connectivity index (χ1n) is 11.1. The Bertz CT molecular complexity index is 1490. The van der Waals surface area contributed by atoms with Gasteiger partial charge in [-0.15, -0.1) is 0 Å². The summed E-state index contributed by atoms with van der Waals surface area (Å²) in [6.45, 7) is 0.182. The molecule has 4 aromatic rings. The first-order valence-corrected chi connectivity index (χ1v) is 12.9. The quantitative estimate of drug-likeness (QED) is 0.231. The van der Waals surface area contributed by atoms with Crippen molar-refractivity contribution in [2.24, 2.45) is 0 Å². The molecule has 1 amide bonds. The Balaban J connectivity index is 1.33. The van der Waals surface area contributed by atoms with E-state index in [-0.39, 0.29) is 30.2 Å². The number of H-pyrrole nitrogens is 1. The third-order valence-electron chi connectivity index (χ3n) is 5.58. The lowest BCUT2D eigenvalue weighted by Crippen LogP contribution is -2.41. The molecule has 1 aromatic heterocycles. The van der Waals surface area contributed by atoms with Crippen LogP contribution >= 0.6 is 11.6 Å². The minimum absolute atomic E-state index is 0.00269. The fourth-order valence-electron chi connectivity index (χ4n) is 3.64. The van der Waals surface area contributed by atoms with E-state index in [9.17, 15) is 23.1 Å². The van der Waals surface area contributed by atoms with Crippen LogP contribution in [0.4, 0.5) is 0 Å². The van der Waals surface area contributed by atoms with Gasteiger partial charge in [0.05, 0.1) is 22.3 Å². The van der Waals surface area contributed by atoms with Crippen LogP contribution in [0.25, 0.3) is 22.2 Å². The monoisotopic (exact) mass is 526 g/mol. The number of carbonyl (C=O) groups is 2. The summed E-state index contributed by atoms with van der Waals surface area (Å²) >= 11 is 5.90. The molecule has 0 aliphatic rings. The predicted molar refractivity (Wildman–Crippen MR) is 136 cm³/mol. The number of imidazole rings is 1. The van der Waals surface area contributed by atoms with Crippen molar-refractivity contribution < 1.29 is 23.1 Å². The largest absolute Gasteiger partial charge is 0.480 e. The number of benzene rings is 3. The van der Waals surface area contributed by atoms with Crippen LogP contribution in [-0.2, 0) is 14.8 Å². The maximum atomic E-state index is 12.8. The van der Waals surface area contributed by atoms with E-state index in [0.717, 1.165) is 22.2 Å². The van der Waals surface area contributed by atoms with Crippen molar-refractivity contribution in [1.82, 2.24) is 20.0 Å². The van der Waals surface area contributed by atoms with Gasteiger partial charge in [0.2, 0.25) is 10.0 Å². The lowest BCUT2D eigenvalue weighted by molar-refractivity contribution is -0.139. The summed E-state index contributed by atoms with van der Waals surface area (Å²) in [5, 5.41) is 12.8. The number of fused-ring (bicyclic) bond motifs is 1. The molecule has 0 spiro atoms. The van der Waals surface area contributed by atoms with E-state index in [1.165, 1.54) is 18.5 Å². The second-order valence-electron chi connectivity index (χ2n) is 8.08. The normalized spacial score (nSPS) is 12.4. The number of carboxylic acids is 1. The molecule has 0 radical (unpaired) electrons. The number of rotatable bonds is 10. The smallest absolute Gasteiger partial charge is 0.321 e. The van der Waals surface area contributed by atoms with E-state index in [0.29, 0.717) is 10.6 Å². The number of aliphatic carboxylic acids is 1. The van der Waals surface area contributed by atoms with Gasteiger partial charge in [0.1, 0.15) is 6.04 Å². The number of aromatic amines is 1. The van der Waals surface area contributed by atoms with E-state index < -0.39 is 22.0 Å². The van der Waals surface area contributed by atoms with Crippen molar-refractivity contribution in [2.75, 3.05) is 6.54 Å². The third-order valence-corrected chi connectivity index (χ3v) is 7.31. The van der Waals surface area contributed by atoms with Gasteiger partial charge in [-0.3, -0.25) is 9.59 Å². The van der Waals surface area contributed by atoms with Crippen LogP contribution in [-0.4, -0.2) is 48.0 Å². The number of aromatic nitrogens is 2. The average molecular weight is 527 g/mol. The van der Waals surface area contributed by atoms with Gasteiger partial charge in [-0.1, -0.05) is 35.9 Å². The molecule has 186 valence electrons. The predicted octanol–water partition coefficient (Wildman–Crippen LogP) is 3.83. The molecule has 9 nitrogen and oxygen atoms in total. The van der Waals surface area contributed by atoms with Crippen LogP contribution in [0, 0.1) is 0 Å². The topological polar surface area (TPSA) is 141 Å². The summed E-state index contributed by atoms with van der Waals surface area (Å²) in [4.78, 5) is 31.0. The van der Waals surface area contributed by atoms with Gasteiger partial charge in [0.15, 0.2) is 0 Å². The van der Waals surface area contributed by atoms with Gasteiger partial charge >= 0.3 is 5.97 Å². The number of halogens is 1. The van der Waals surface area contributed by atoms with Crippen LogP contribution in [0.3, 0.4) is 0 Å². The van der Waals surface area contributed by atoms with Gasteiger partial charge in [0.25, 0.3) is 5.91 Å². The maximum absolute atomic E-state index is 12.8. The highest BCUT2D eigenvalue weighted by Crippen LogP contribution is 2.23. The summed E-state index contributed by atoms with van der Waals surface area (Å²) < 4.78 is 27.8. The molecule has 4 rings (SSSR count). The van der Waals surface area contributed by atoms with Gasteiger partial charge in [-0.2, -0.15) is 4.72 Å². The molecular weight excluding hydrogens is 504 g/mol. The van der Waals surface area contributed by atoms with Crippen molar-refractivity contribution in [2.45, 2.75) is 23.8 Å². The number of amides is 1. The summed E-state index contributed by atoms with van der Waals surface area (Å²) in [5.41, 5.74) is 3.56. The minimum Gasteiger partial charge on any atom is -0.480 e. The second kappa shape index (κ2) is 10.9. The van der Waals surface area contributed by atoms with E-state index in [2.05, 4.69) is 20.0 Å². The average Bonchev–Trinajstić information content (AvgIpc) is 3.34. The molecule has 0 bridgehead atoms. The van der Waals surface area contributed by atoms with Gasteiger partial charge in [-0.25, -0.2) is 13.4 Å². The van der Waals surface area contributed by atoms with E-state index in [4.69, 9.17) is 11.6 Å². The van der Waals surface area contributed by atoms with Crippen LogP contribution in [0.2, 0.25) is 5.02 Å². The van der Waals surface area contributed by atoms with Crippen molar-refractivity contribution in [3.63, 3.8) is 0 Å². The van der Waals surface area contributed by atoms with Gasteiger partial charge < -0.3 is 15.4 Å². The summed E-state index contributed by atoms with van der Waals surface area (Å²) in [6, 6.07) is 16.9. The number of hydrogen-bond donors (Lipinski definition) is 4. The molecule has 1 unspecified atom stereocenters. The lowest BCUT2D eigenvalue weighted by atomic mass is 10.1. The Morgan fingerprint density at radius 1 is 1.00 bits per heavy atom. The number of sulfonamides is 1. The summed E-state index contributed by atoms with van der Waals surface area (Å²) in [6.07, 6.45) is 1.79. The Labute approximate surface area is 212 Å². The highest BCUT2D eigenvalue weighted by atomic mass is 35.5. The minimum atomic E-state index is -4.07. The first-order chi connectivity index (χ1) is 17.2. The van der Waals surface area contributed by atoms with Crippen molar-refractivity contribution >= 4 is 44.5 Å². The molecule has 0 fully saturated rings. The Morgan fingerprint density at radius 3 is 2.33 bits per heavy atom. The Morgan fingerprint density at radius 2 is 1.67 bits per heavy atom. The molecule has 0 saturated carbocycles. The number of carbonyl (C=O) groups excluding carboxylic acids is 1. The Kier molecular flexibility index (Phi) is 7.68. The molecule has 1 atom stereocenters. The molecular formula is C25H23ClN4O5S. The third kappa shape index (κ3) is 6.09. The van der Waals surface area contributed by atoms with E-state index in [1.807, 2.05) is 12.1 Å². The standard InChI is InChI=1S/C25H23ClN4O5S/c26-19-8-3-16(4-9-19)17-5-10-20(11-6-17)36(34,35)30-22(25(32)33)2-1-13-27-24(31)18-7-12-21-23(14-18)29-15-28-21/h3-12,14-15,22,30H,1-2,13H2,(H,27,31)(H,28,29)(H,32,33). The SMILES string of the molecule is O=C(NCCCC(NS(=O)(=O)c1ccc(-c2ccc(Cl)cc2)cc1)C(=O)O)c1ccc2nc[nH]c2c1. The zero-order chi connectivity index (χ0) is 25.7. The Hall–Kier alpha value is -3.73. The number of hydrogen-bond acceptors (Lipinski definition) is 5. The van der Waals surface area contributed by atoms with Crippen LogP contribution in [0.1, 0.15) is 23.2 Å². The van der Waals surface area contributed by atoms with Crippen molar-refractivity contribution in [1.29, 1.82) is 0 Å². The molecule has 11 heteroatoms. The van der Waals surface area contributed by atoms with Crippen molar-refractivity contribution in [3.05, 3.63) is 83.6 Å². The summed E-state index contributed by atoms with van der Waals surface area (Å²) in [7, 11) is -4.07. The fraction of sp³-hybridized carbons (Fsp3) is 0.160. The van der Waals surface area contributed by atoms with Gasteiger partial charge in [-0.05, 0) is 66.4 Å². The zero-order valence-electron chi connectivity index (χ0n) is 18.9. The number of carboxylic acid groups (broad SMARTS) is 1. The van der Waals surface area contributed by atoms with E-state index in [1.54, 1.807) is 42.5 Å². The van der Waals surface area contributed by atoms with Gasteiger partial charge in [0, 0.05) is 17.1 Å². The molecule has 3 aromatic carbocycles. The highest BCUT2D eigenvalue weighted by molar-refractivity contribution is 7.89. The molecule has 0 aliphatic carbocycles. The van der Waals surface area contributed by atoms with Crippen LogP contribution in [0.5, 0.6) is 0 Å². The molecule has 1 heterocycles. The fourth-order valence-corrected chi connectivity index (χ4v) is 4.99. The molecule has 4 N–H and O–H groups in total. The second-order valence-corrected chi connectivity index (χ2v) is 10.2. The number of nitrogens with zero attached hydrogens (tertiary/aromatic N) is 1.